The highest BCUT2D eigenvalue weighted by Crippen LogP contribution is 2.21. The van der Waals surface area contributed by atoms with Crippen LogP contribution in [0.4, 0.5) is 24.7 Å². The molecule has 0 amide bonds. The molecule has 1 heterocycles. The van der Waals surface area contributed by atoms with Crippen LogP contribution in [0.2, 0.25) is 0 Å². The van der Waals surface area contributed by atoms with E-state index >= 15 is 0 Å². The van der Waals surface area contributed by atoms with Crippen LogP contribution in [-0.4, -0.2) is 24.8 Å². The van der Waals surface area contributed by atoms with Gasteiger partial charge in [0, 0.05) is 25.0 Å². The van der Waals surface area contributed by atoms with E-state index in [9.17, 15) is 13.2 Å². The molecule has 3 N–H and O–H groups in total. The number of alkyl halides is 3. The normalized spacial score (nSPS) is 11.3. The fourth-order valence-electron chi connectivity index (χ4n) is 1.10. The maximum absolute atomic E-state index is 12.1. The van der Waals surface area contributed by atoms with Gasteiger partial charge in [0.2, 0.25) is 0 Å². The van der Waals surface area contributed by atoms with E-state index in [1.807, 2.05) is 0 Å². The number of rotatable bonds is 3. The predicted molar refractivity (Wildman–Crippen MR) is 51.4 cm³/mol. The quantitative estimate of drug-likeness (QED) is 0.596. The molecule has 0 bridgehead atoms. The number of hydrogen-bond acceptors (Lipinski definition) is 4. The van der Waals surface area contributed by atoms with Gasteiger partial charge in [-0.2, -0.15) is 13.2 Å². The molecular formula is C8H11F3N4. The first kappa shape index (κ1) is 11.6. The summed E-state index contributed by atoms with van der Waals surface area (Å²) in [5, 5.41) is 0. The Bertz CT molecular complexity index is 326. The molecule has 0 aromatic carbocycles. The molecule has 1 aromatic heterocycles. The number of nitrogens with two attached hydrogens (primary N) is 1. The molecule has 1 aromatic rings. The van der Waals surface area contributed by atoms with Crippen molar-refractivity contribution in [3.8, 4) is 0 Å². The third-order valence-corrected chi connectivity index (χ3v) is 1.75. The van der Waals surface area contributed by atoms with Crippen LogP contribution in [0.25, 0.3) is 0 Å². The summed E-state index contributed by atoms with van der Waals surface area (Å²) in [5.74, 6) is 5.41. The Balaban J connectivity index is 2.77. The summed E-state index contributed by atoms with van der Waals surface area (Å²) in [6, 6.07) is 2.92. The molecule has 0 aliphatic heterocycles. The van der Waals surface area contributed by atoms with Gasteiger partial charge in [-0.15, -0.1) is 0 Å². The summed E-state index contributed by atoms with van der Waals surface area (Å²) in [6.45, 7) is -1.01. The minimum Gasteiger partial charge on any atom is -0.366 e. The van der Waals surface area contributed by atoms with Crippen molar-refractivity contribution in [2.45, 2.75) is 6.18 Å². The molecule has 0 radical (unpaired) electrons. The van der Waals surface area contributed by atoms with Crippen LogP contribution in [0.15, 0.2) is 18.3 Å². The molecule has 15 heavy (non-hydrogen) atoms. The topological polar surface area (TPSA) is 54.2 Å². The first-order valence-electron chi connectivity index (χ1n) is 4.13. The molecule has 1 rings (SSSR count). The number of aromatic nitrogens is 1. The SMILES string of the molecule is CN(CC(F)(F)F)c1ccnc(NN)c1. The molecule has 0 spiro atoms. The molecule has 4 nitrogen and oxygen atoms in total. The summed E-state index contributed by atoms with van der Waals surface area (Å²) < 4.78 is 36.2. The van der Waals surface area contributed by atoms with Crippen molar-refractivity contribution < 1.29 is 13.2 Å². The van der Waals surface area contributed by atoms with Crippen molar-refractivity contribution in [2.75, 3.05) is 23.9 Å². The van der Waals surface area contributed by atoms with Gasteiger partial charge in [-0.25, -0.2) is 10.8 Å². The standard InChI is InChI=1S/C8H11F3N4/c1-15(5-8(9,10)11)6-2-3-13-7(4-6)14-12/h2-4H,5,12H2,1H3,(H,13,14). The van der Waals surface area contributed by atoms with E-state index in [0.29, 0.717) is 11.5 Å². The lowest BCUT2D eigenvalue weighted by molar-refractivity contribution is -0.119. The van der Waals surface area contributed by atoms with E-state index in [1.165, 1.54) is 25.4 Å². The number of nitrogens with one attached hydrogen (secondary N) is 1. The zero-order valence-electron chi connectivity index (χ0n) is 8.04. The summed E-state index contributed by atoms with van der Waals surface area (Å²) >= 11 is 0. The Morgan fingerprint density at radius 1 is 1.53 bits per heavy atom. The van der Waals surface area contributed by atoms with E-state index in [0.717, 1.165) is 4.90 Å². The van der Waals surface area contributed by atoms with Crippen molar-refractivity contribution >= 4 is 11.5 Å². The van der Waals surface area contributed by atoms with Crippen LogP contribution in [0.5, 0.6) is 0 Å². The Hall–Kier alpha value is -1.50. The van der Waals surface area contributed by atoms with Gasteiger partial charge in [0.15, 0.2) is 0 Å². The minimum atomic E-state index is -4.23. The monoisotopic (exact) mass is 220 g/mol. The highest BCUT2D eigenvalue weighted by Gasteiger charge is 2.29. The van der Waals surface area contributed by atoms with E-state index < -0.39 is 12.7 Å². The Morgan fingerprint density at radius 2 is 2.20 bits per heavy atom. The van der Waals surface area contributed by atoms with Gasteiger partial charge in [-0.3, -0.25) is 0 Å². The molecule has 7 heteroatoms. The number of halogens is 3. The third-order valence-electron chi connectivity index (χ3n) is 1.75. The summed E-state index contributed by atoms with van der Waals surface area (Å²) in [7, 11) is 1.35. The highest BCUT2D eigenvalue weighted by molar-refractivity contribution is 5.52. The van der Waals surface area contributed by atoms with E-state index in [-0.39, 0.29) is 0 Å². The van der Waals surface area contributed by atoms with Crippen molar-refractivity contribution in [3.63, 3.8) is 0 Å². The molecular weight excluding hydrogens is 209 g/mol. The second kappa shape index (κ2) is 4.35. The number of nitrogens with zero attached hydrogens (tertiary/aromatic N) is 2. The van der Waals surface area contributed by atoms with Crippen LogP contribution in [0.3, 0.4) is 0 Å². The van der Waals surface area contributed by atoms with Gasteiger partial charge in [-0.1, -0.05) is 0 Å². The lowest BCUT2D eigenvalue weighted by Crippen LogP contribution is -2.30. The smallest absolute Gasteiger partial charge is 0.366 e. The maximum Gasteiger partial charge on any atom is 0.405 e. The van der Waals surface area contributed by atoms with Crippen LogP contribution >= 0.6 is 0 Å². The van der Waals surface area contributed by atoms with Gasteiger partial charge in [0.05, 0.1) is 0 Å². The van der Waals surface area contributed by atoms with Gasteiger partial charge in [0.1, 0.15) is 12.4 Å². The first-order chi connectivity index (χ1) is 6.92. The Kier molecular flexibility index (Phi) is 3.35. The Labute approximate surface area is 84.9 Å². The molecule has 0 saturated heterocycles. The van der Waals surface area contributed by atoms with Gasteiger partial charge >= 0.3 is 6.18 Å². The zero-order chi connectivity index (χ0) is 11.5. The predicted octanol–water partition coefficient (Wildman–Crippen LogP) is 1.37. The van der Waals surface area contributed by atoms with E-state index in [1.54, 1.807) is 0 Å². The lowest BCUT2D eigenvalue weighted by Gasteiger charge is -2.21. The number of nitrogen functional groups attached to an aromatic ring is 1. The molecule has 0 atom stereocenters. The molecule has 0 unspecified atom stereocenters. The third kappa shape index (κ3) is 3.62. The summed E-state index contributed by atoms with van der Waals surface area (Å²) in [4.78, 5) is 4.86. The Morgan fingerprint density at radius 3 is 2.73 bits per heavy atom. The zero-order valence-corrected chi connectivity index (χ0v) is 8.04. The van der Waals surface area contributed by atoms with Crippen LogP contribution in [-0.2, 0) is 0 Å². The van der Waals surface area contributed by atoms with E-state index in [2.05, 4.69) is 10.4 Å². The molecule has 0 fully saturated rings. The number of hydrazine groups is 1. The lowest BCUT2D eigenvalue weighted by atomic mass is 10.3. The maximum atomic E-state index is 12.1. The number of pyridine rings is 1. The molecule has 0 aliphatic rings. The largest absolute Gasteiger partial charge is 0.405 e. The van der Waals surface area contributed by atoms with Crippen molar-refractivity contribution in [3.05, 3.63) is 18.3 Å². The second-order valence-corrected chi connectivity index (χ2v) is 3.01. The van der Waals surface area contributed by atoms with Gasteiger partial charge in [-0.05, 0) is 6.07 Å². The van der Waals surface area contributed by atoms with Crippen LogP contribution in [0.1, 0.15) is 0 Å². The van der Waals surface area contributed by atoms with Gasteiger partial charge < -0.3 is 10.3 Å². The second-order valence-electron chi connectivity index (χ2n) is 3.01. The molecule has 0 saturated carbocycles. The summed E-state index contributed by atoms with van der Waals surface area (Å²) in [6.07, 6.45) is -2.84. The van der Waals surface area contributed by atoms with Crippen molar-refractivity contribution in [1.82, 2.24) is 4.98 Å². The highest BCUT2D eigenvalue weighted by atomic mass is 19.4. The van der Waals surface area contributed by atoms with E-state index in [4.69, 9.17) is 5.84 Å². The van der Waals surface area contributed by atoms with Crippen molar-refractivity contribution in [1.29, 1.82) is 0 Å². The van der Waals surface area contributed by atoms with Crippen molar-refractivity contribution in [2.24, 2.45) is 5.84 Å². The number of anilines is 2. The average molecular weight is 220 g/mol. The van der Waals surface area contributed by atoms with Crippen LogP contribution in [0, 0.1) is 0 Å². The fraction of sp³-hybridized carbons (Fsp3) is 0.375. The van der Waals surface area contributed by atoms with Gasteiger partial charge in [0.25, 0.3) is 0 Å². The summed E-state index contributed by atoms with van der Waals surface area (Å²) in [5.41, 5.74) is 2.66. The fourth-order valence-corrected chi connectivity index (χ4v) is 1.10. The molecule has 84 valence electrons. The minimum absolute atomic E-state index is 0.321. The average Bonchev–Trinajstić information content (AvgIpc) is 2.15. The number of hydrogen-bond donors (Lipinski definition) is 2. The first-order valence-corrected chi connectivity index (χ1v) is 4.13. The molecule has 0 aliphatic carbocycles. The van der Waals surface area contributed by atoms with Crippen LogP contribution < -0.4 is 16.2 Å².